The van der Waals surface area contributed by atoms with Crippen LogP contribution in [0.5, 0.6) is 17.2 Å². The van der Waals surface area contributed by atoms with Crippen LogP contribution in [0.25, 0.3) is 11.1 Å². The molecule has 3 aromatic rings. The number of rotatable bonds is 10. The summed E-state index contributed by atoms with van der Waals surface area (Å²) in [5.41, 5.74) is 7.44. The molecule has 4 N–H and O–H groups in total. The first kappa shape index (κ1) is 21.9. The summed E-state index contributed by atoms with van der Waals surface area (Å²) in [4.78, 5) is 22.1. The lowest BCUT2D eigenvalue weighted by molar-refractivity contribution is -0.137. The SMILES string of the molecule is NC(=O)C(O)c1ccc(Oc2cccc(-c3ccccc3)c2)cc1OCCCC(=O)O. The predicted molar refractivity (Wildman–Crippen MR) is 115 cm³/mol. The zero-order chi connectivity index (χ0) is 22.2. The first-order valence-electron chi connectivity index (χ1n) is 9.73. The van der Waals surface area contributed by atoms with E-state index in [0.717, 1.165) is 11.1 Å². The van der Waals surface area contributed by atoms with Crippen LogP contribution < -0.4 is 15.2 Å². The Morgan fingerprint density at radius 3 is 2.32 bits per heavy atom. The number of carbonyl (C=O) groups excluding carboxylic acids is 1. The number of hydrogen-bond acceptors (Lipinski definition) is 5. The van der Waals surface area contributed by atoms with Gasteiger partial charge in [0, 0.05) is 18.1 Å². The van der Waals surface area contributed by atoms with E-state index in [-0.39, 0.29) is 30.8 Å². The number of aliphatic carboxylic acids is 1. The summed E-state index contributed by atoms with van der Waals surface area (Å²) < 4.78 is 11.6. The zero-order valence-corrected chi connectivity index (χ0v) is 16.7. The second-order valence-corrected chi connectivity index (χ2v) is 6.85. The maximum atomic E-state index is 11.4. The lowest BCUT2D eigenvalue weighted by Crippen LogP contribution is -2.21. The normalized spacial score (nSPS) is 11.5. The van der Waals surface area contributed by atoms with Crippen molar-refractivity contribution in [3.05, 3.63) is 78.4 Å². The van der Waals surface area contributed by atoms with E-state index < -0.39 is 18.0 Å². The molecule has 3 rings (SSSR count). The number of carboxylic acids is 1. The summed E-state index contributed by atoms with van der Waals surface area (Å²) >= 11 is 0. The number of benzene rings is 3. The number of ether oxygens (including phenoxy) is 2. The van der Waals surface area contributed by atoms with Gasteiger partial charge >= 0.3 is 5.97 Å². The van der Waals surface area contributed by atoms with Crippen LogP contribution in [0.1, 0.15) is 24.5 Å². The van der Waals surface area contributed by atoms with Gasteiger partial charge in [-0.25, -0.2) is 0 Å². The number of aliphatic hydroxyl groups excluding tert-OH is 1. The second kappa shape index (κ2) is 10.3. The van der Waals surface area contributed by atoms with Crippen LogP contribution in [-0.2, 0) is 9.59 Å². The maximum absolute atomic E-state index is 11.4. The number of carboxylic acid groups (broad SMARTS) is 1. The number of nitrogens with two attached hydrogens (primary N) is 1. The van der Waals surface area contributed by atoms with Gasteiger partial charge < -0.3 is 25.4 Å². The fraction of sp³-hybridized carbons (Fsp3) is 0.167. The van der Waals surface area contributed by atoms with E-state index in [1.165, 1.54) is 12.1 Å². The molecule has 1 atom stereocenters. The van der Waals surface area contributed by atoms with Gasteiger partial charge in [-0.15, -0.1) is 0 Å². The Morgan fingerprint density at radius 1 is 0.903 bits per heavy atom. The highest BCUT2D eigenvalue weighted by molar-refractivity contribution is 5.81. The molecule has 0 saturated heterocycles. The molecule has 0 aromatic heterocycles. The van der Waals surface area contributed by atoms with Gasteiger partial charge in [-0.3, -0.25) is 9.59 Å². The lowest BCUT2D eigenvalue weighted by atomic mass is 10.1. The summed E-state index contributed by atoms with van der Waals surface area (Å²) in [6.45, 7) is 0.0950. The molecule has 1 unspecified atom stereocenters. The maximum Gasteiger partial charge on any atom is 0.303 e. The molecule has 0 aliphatic carbocycles. The molecule has 0 spiro atoms. The van der Waals surface area contributed by atoms with Crippen molar-refractivity contribution in [1.82, 2.24) is 0 Å². The third kappa shape index (κ3) is 6.07. The summed E-state index contributed by atoms with van der Waals surface area (Å²) in [6, 6.07) is 22.1. The molecule has 0 fully saturated rings. The molecule has 0 aliphatic rings. The Balaban J connectivity index is 1.82. The van der Waals surface area contributed by atoms with Gasteiger partial charge in [0.2, 0.25) is 0 Å². The predicted octanol–water partition coefficient (Wildman–Crippen LogP) is 3.91. The number of hydrogen-bond donors (Lipinski definition) is 3. The molecule has 0 radical (unpaired) electrons. The van der Waals surface area contributed by atoms with Crippen LogP contribution in [0.4, 0.5) is 0 Å². The molecular formula is C24H23NO6. The Bertz CT molecular complexity index is 1050. The van der Waals surface area contributed by atoms with Gasteiger partial charge in [0.1, 0.15) is 17.2 Å². The average molecular weight is 421 g/mol. The van der Waals surface area contributed by atoms with E-state index in [0.29, 0.717) is 11.5 Å². The number of aliphatic hydroxyl groups is 1. The van der Waals surface area contributed by atoms with Crippen molar-refractivity contribution >= 4 is 11.9 Å². The minimum atomic E-state index is -1.55. The standard InChI is InChI=1S/C24H23NO6/c25-24(29)23(28)20-12-11-19(15-21(20)30-13-5-10-22(26)27)31-18-9-4-8-17(14-18)16-6-2-1-3-7-16/h1-4,6-9,11-12,14-15,23,28H,5,10,13H2,(H2,25,29)(H,26,27). The minimum absolute atomic E-state index is 0.0593. The van der Waals surface area contributed by atoms with Gasteiger partial charge in [-0.2, -0.15) is 0 Å². The lowest BCUT2D eigenvalue weighted by Gasteiger charge is -2.16. The molecular weight excluding hydrogens is 398 g/mol. The van der Waals surface area contributed by atoms with Crippen molar-refractivity contribution in [2.45, 2.75) is 18.9 Å². The van der Waals surface area contributed by atoms with Crippen molar-refractivity contribution < 1.29 is 29.3 Å². The number of carbonyl (C=O) groups is 2. The molecule has 0 bridgehead atoms. The molecule has 7 nitrogen and oxygen atoms in total. The molecule has 0 saturated carbocycles. The van der Waals surface area contributed by atoms with Gasteiger partial charge in [0.25, 0.3) is 5.91 Å². The van der Waals surface area contributed by atoms with E-state index in [1.54, 1.807) is 6.07 Å². The largest absolute Gasteiger partial charge is 0.493 e. The fourth-order valence-electron chi connectivity index (χ4n) is 2.99. The fourth-order valence-corrected chi connectivity index (χ4v) is 2.99. The van der Waals surface area contributed by atoms with Crippen molar-refractivity contribution in [3.63, 3.8) is 0 Å². The smallest absolute Gasteiger partial charge is 0.303 e. The highest BCUT2D eigenvalue weighted by Crippen LogP contribution is 2.33. The topological polar surface area (TPSA) is 119 Å². The van der Waals surface area contributed by atoms with Crippen LogP contribution in [-0.4, -0.2) is 28.7 Å². The second-order valence-electron chi connectivity index (χ2n) is 6.85. The summed E-state index contributed by atoms with van der Waals surface area (Å²) in [5.74, 6) is -0.621. The quantitative estimate of drug-likeness (QED) is 0.427. The van der Waals surface area contributed by atoms with Crippen LogP contribution >= 0.6 is 0 Å². The van der Waals surface area contributed by atoms with Crippen molar-refractivity contribution in [3.8, 4) is 28.4 Å². The van der Waals surface area contributed by atoms with Gasteiger partial charge in [-0.1, -0.05) is 42.5 Å². The van der Waals surface area contributed by atoms with E-state index in [4.69, 9.17) is 20.3 Å². The molecule has 1 amide bonds. The highest BCUT2D eigenvalue weighted by Gasteiger charge is 2.20. The van der Waals surface area contributed by atoms with E-state index in [2.05, 4.69) is 0 Å². The monoisotopic (exact) mass is 421 g/mol. The first-order valence-corrected chi connectivity index (χ1v) is 9.73. The van der Waals surface area contributed by atoms with Crippen LogP contribution in [0, 0.1) is 0 Å². The Labute approximate surface area is 179 Å². The van der Waals surface area contributed by atoms with Crippen molar-refractivity contribution in [2.75, 3.05) is 6.61 Å². The molecule has 160 valence electrons. The molecule has 7 heteroatoms. The molecule has 0 aliphatic heterocycles. The third-order valence-electron chi connectivity index (χ3n) is 4.52. The van der Waals surface area contributed by atoms with Gasteiger partial charge in [-0.05, 0) is 41.8 Å². The molecule has 31 heavy (non-hydrogen) atoms. The van der Waals surface area contributed by atoms with E-state index in [1.807, 2.05) is 54.6 Å². The minimum Gasteiger partial charge on any atom is -0.493 e. The molecule has 0 heterocycles. The van der Waals surface area contributed by atoms with Gasteiger partial charge in [0.15, 0.2) is 6.10 Å². The summed E-state index contributed by atoms with van der Waals surface area (Å²) in [6.07, 6.45) is -1.34. The van der Waals surface area contributed by atoms with E-state index >= 15 is 0 Å². The number of amides is 1. The van der Waals surface area contributed by atoms with Crippen LogP contribution in [0.2, 0.25) is 0 Å². The summed E-state index contributed by atoms with van der Waals surface area (Å²) in [7, 11) is 0. The first-order chi connectivity index (χ1) is 14.9. The van der Waals surface area contributed by atoms with Crippen molar-refractivity contribution in [1.29, 1.82) is 0 Å². The van der Waals surface area contributed by atoms with Crippen molar-refractivity contribution in [2.24, 2.45) is 5.73 Å². The Hall–Kier alpha value is -3.84. The van der Waals surface area contributed by atoms with Crippen LogP contribution in [0.3, 0.4) is 0 Å². The van der Waals surface area contributed by atoms with E-state index in [9.17, 15) is 14.7 Å². The Morgan fingerprint density at radius 2 is 1.61 bits per heavy atom. The number of primary amides is 1. The zero-order valence-electron chi connectivity index (χ0n) is 16.7. The highest BCUT2D eigenvalue weighted by atomic mass is 16.5. The average Bonchev–Trinajstić information content (AvgIpc) is 2.77. The third-order valence-corrected chi connectivity index (χ3v) is 4.52. The Kier molecular flexibility index (Phi) is 7.24. The van der Waals surface area contributed by atoms with Gasteiger partial charge in [0.05, 0.1) is 6.61 Å². The summed E-state index contributed by atoms with van der Waals surface area (Å²) in [5, 5.41) is 18.8. The molecule has 3 aromatic carbocycles. The van der Waals surface area contributed by atoms with Crippen LogP contribution in [0.15, 0.2) is 72.8 Å².